The molecule has 0 aliphatic rings. The summed E-state index contributed by atoms with van der Waals surface area (Å²) in [6, 6.07) is 0. The van der Waals surface area contributed by atoms with Crippen LogP contribution in [0, 0.1) is 0 Å². The molecule has 0 spiro atoms. The lowest BCUT2D eigenvalue weighted by Crippen LogP contribution is -2.05. The fourth-order valence-corrected chi connectivity index (χ4v) is 0.750. The van der Waals surface area contributed by atoms with E-state index in [1.165, 1.54) is 21.0 Å². The standard InChI is InChI=1S/C10H12O5/c1-6(9(12)13)4-8(11)5-7(2)10(14)15-3/h4-5H,1-3H3,(H,12,13). The Labute approximate surface area is 87.0 Å². The predicted octanol–water partition coefficient (Wildman–Crippen LogP) is 0.706. The number of methoxy groups -OCH3 is 1. The van der Waals surface area contributed by atoms with Crippen LogP contribution in [0.5, 0.6) is 0 Å². The molecule has 0 saturated heterocycles. The first kappa shape index (κ1) is 13.1. The van der Waals surface area contributed by atoms with E-state index in [-0.39, 0.29) is 11.1 Å². The summed E-state index contributed by atoms with van der Waals surface area (Å²) in [4.78, 5) is 32.4. The molecule has 82 valence electrons. The zero-order valence-corrected chi connectivity index (χ0v) is 8.73. The van der Waals surface area contributed by atoms with Crippen LogP contribution in [0.25, 0.3) is 0 Å². The SMILES string of the molecule is COC(=O)C(C)=CC(=O)C=C(C)C(=O)O. The Kier molecular flexibility index (Phi) is 5.01. The summed E-state index contributed by atoms with van der Waals surface area (Å²) in [5.74, 6) is -2.35. The number of carbonyl (C=O) groups excluding carboxylic acids is 2. The number of hydrogen-bond acceptors (Lipinski definition) is 4. The lowest BCUT2D eigenvalue weighted by Gasteiger charge is -1.96. The van der Waals surface area contributed by atoms with Crippen molar-refractivity contribution in [1.29, 1.82) is 0 Å². The van der Waals surface area contributed by atoms with Gasteiger partial charge in [-0.3, -0.25) is 4.79 Å². The van der Waals surface area contributed by atoms with E-state index in [2.05, 4.69) is 4.74 Å². The third kappa shape index (κ3) is 4.75. The highest BCUT2D eigenvalue weighted by atomic mass is 16.5. The number of esters is 1. The second kappa shape index (κ2) is 5.74. The van der Waals surface area contributed by atoms with Crippen molar-refractivity contribution in [3.63, 3.8) is 0 Å². The Bertz CT molecular complexity index is 349. The Morgan fingerprint density at radius 1 is 1.07 bits per heavy atom. The highest BCUT2D eigenvalue weighted by Gasteiger charge is 2.06. The van der Waals surface area contributed by atoms with Crippen molar-refractivity contribution in [2.45, 2.75) is 13.8 Å². The topological polar surface area (TPSA) is 80.7 Å². The smallest absolute Gasteiger partial charge is 0.333 e. The van der Waals surface area contributed by atoms with E-state index in [0.717, 1.165) is 12.2 Å². The summed E-state index contributed by atoms with van der Waals surface area (Å²) in [6.45, 7) is 2.70. The van der Waals surface area contributed by atoms with Crippen LogP contribution in [-0.2, 0) is 19.1 Å². The first-order valence-electron chi connectivity index (χ1n) is 4.10. The van der Waals surface area contributed by atoms with Crippen LogP contribution in [0.1, 0.15) is 13.8 Å². The Hall–Kier alpha value is -1.91. The van der Waals surface area contributed by atoms with Crippen LogP contribution in [0.3, 0.4) is 0 Å². The van der Waals surface area contributed by atoms with Crippen LogP contribution in [0.4, 0.5) is 0 Å². The van der Waals surface area contributed by atoms with Gasteiger partial charge in [-0.25, -0.2) is 9.59 Å². The number of ketones is 1. The minimum atomic E-state index is -1.17. The summed E-state index contributed by atoms with van der Waals surface area (Å²) >= 11 is 0. The molecule has 15 heavy (non-hydrogen) atoms. The molecule has 0 bridgehead atoms. The Morgan fingerprint density at radius 2 is 1.53 bits per heavy atom. The molecule has 0 rings (SSSR count). The van der Waals surface area contributed by atoms with E-state index in [9.17, 15) is 14.4 Å². The minimum Gasteiger partial charge on any atom is -0.478 e. The summed E-state index contributed by atoms with van der Waals surface area (Å²) < 4.78 is 4.37. The zero-order chi connectivity index (χ0) is 12.0. The van der Waals surface area contributed by atoms with Crippen molar-refractivity contribution in [2.24, 2.45) is 0 Å². The van der Waals surface area contributed by atoms with E-state index < -0.39 is 17.7 Å². The maximum Gasteiger partial charge on any atom is 0.333 e. The van der Waals surface area contributed by atoms with Crippen LogP contribution >= 0.6 is 0 Å². The number of carboxylic acid groups (broad SMARTS) is 1. The second-order valence-corrected chi connectivity index (χ2v) is 2.85. The van der Waals surface area contributed by atoms with Crippen molar-refractivity contribution in [2.75, 3.05) is 7.11 Å². The fraction of sp³-hybridized carbons (Fsp3) is 0.300. The van der Waals surface area contributed by atoms with Gasteiger partial charge < -0.3 is 9.84 Å². The van der Waals surface area contributed by atoms with Gasteiger partial charge in [-0.15, -0.1) is 0 Å². The number of rotatable bonds is 4. The molecule has 0 saturated carbocycles. The lowest BCUT2D eigenvalue weighted by atomic mass is 10.2. The van der Waals surface area contributed by atoms with Gasteiger partial charge in [0, 0.05) is 11.1 Å². The average Bonchev–Trinajstić information content (AvgIpc) is 2.15. The normalized spacial score (nSPS) is 12.2. The van der Waals surface area contributed by atoms with Gasteiger partial charge in [0.1, 0.15) is 0 Å². The molecule has 0 heterocycles. The van der Waals surface area contributed by atoms with E-state index >= 15 is 0 Å². The maximum atomic E-state index is 11.2. The third-order valence-corrected chi connectivity index (χ3v) is 1.56. The monoisotopic (exact) mass is 212 g/mol. The Balaban J connectivity index is 4.70. The predicted molar refractivity (Wildman–Crippen MR) is 52.2 cm³/mol. The molecule has 0 aromatic carbocycles. The largest absolute Gasteiger partial charge is 0.478 e. The van der Waals surface area contributed by atoms with Gasteiger partial charge in [-0.1, -0.05) is 0 Å². The van der Waals surface area contributed by atoms with Gasteiger partial charge in [-0.05, 0) is 26.0 Å². The number of ether oxygens (including phenoxy) is 1. The minimum absolute atomic E-state index is 0.0890. The van der Waals surface area contributed by atoms with Crippen molar-refractivity contribution >= 4 is 17.7 Å². The average molecular weight is 212 g/mol. The van der Waals surface area contributed by atoms with Gasteiger partial charge in [0.05, 0.1) is 7.11 Å². The molecule has 0 radical (unpaired) electrons. The first-order chi connectivity index (χ1) is 6.88. The van der Waals surface area contributed by atoms with Crippen molar-refractivity contribution in [3.8, 4) is 0 Å². The first-order valence-corrected chi connectivity index (χ1v) is 4.10. The van der Waals surface area contributed by atoms with Gasteiger partial charge >= 0.3 is 11.9 Å². The quantitative estimate of drug-likeness (QED) is 0.548. The lowest BCUT2D eigenvalue weighted by molar-refractivity contribution is -0.136. The molecule has 0 aliphatic carbocycles. The number of aliphatic carboxylic acids is 1. The molecular weight excluding hydrogens is 200 g/mol. The zero-order valence-electron chi connectivity index (χ0n) is 8.73. The van der Waals surface area contributed by atoms with Crippen LogP contribution in [0.2, 0.25) is 0 Å². The van der Waals surface area contributed by atoms with Crippen molar-refractivity contribution < 1.29 is 24.2 Å². The molecule has 0 unspecified atom stereocenters. The summed E-state index contributed by atoms with van der Waals surface area (Å²) in [6.07, 6.45) is 1.97. The Morgan fingerprint density at radius 3 is 1.93 bits per heavy atom. The molecule has 0 aromatic rings. The molecular formula is C10H12O5. The second-order valence-electron chi connectivity index (χ2n) is 2.85. The van der Waals surface area contributed by atoms with Crippen molar-refractivity contribution in [1.82, 2.24) is 0 Å². The summed E-state index contributed by atoms with van der Waals surface area (Å²) in [7, 11) is 1.20. The number of allylic oxidation sites excluding steroid dienone is 2. The molecule has 5 heteroatoms. The molecule has 0 atom stereocenters. The molecule has 0 fully saturated rings. The summed E-state index contributed by atoms with van der Waals surface area (Å²) in [5.41, 5.74) is 0.0332. The van der Waals surface area contributed by atoms with Crippen LogP contribution in [0.15, 0.2) is 23.3 Å². The number of hydrogen-bond donors (Lipinski definition) is 1. The van der Waals surface area contributed by atoms with Gasteiger partial charge in [0.15, 0.2) is 5.78 Å². The molecule has 0 amide bonds. The van der Waals surface area contributed by atoms with E-state index in [1.54, 1.807) is 0 Å². The molecule has 5 nitrogen and oxygen atoms in total. The highest BCUT2D eigenvalue weighted by molar-refractivity contribution is 6.07. The van der Waals surface area contributed by atoms with Crippen molar-refractivity contribution in [3.05, 3.63) is 23.3 Å². The van der Waals surface area contributed by atoms with Crippen LogP contribution < -0.4 is 0 Å². The number of carbonyl (C=O) groups is 3. The van der Waals surface area contributed by atoms with Crippen LogP contribution in [-0.4, -0.2) is 29.9 Å². The van der Waals surface area contributed by atoms with E-state index in [4.69, 9.17) is 5.11 Å². The van der Waals surface area contributed by atoms with Gasteiger partial charge in [-0.2, -0.15) is 0 Å². The third-order valence-electron chi connectivity index (χ3n) is 1.56. The fourth-order valence-electron chi connectivity index (χ4n) is 0.750. The maximum absolute atomic E-state index is 11.2. The van der Waals surface area contributed by atoms with Gasteiger partial charge in [0.25, 0.3) is 0 Å². The molecule has 0 aliphatic heterocycles. The highest BCUT2D eigenvalue weighted by Crippen LogP contribution is 1.99. The number of carboxylic acids is 1. The van der Waals surface area contributed by atoms with E-state index in [1.807, 2.05) is 0 Å². The summed E-state index contributed by atoms with van der Waals surface area (Å²) in [5, 5.41) is 8.49. The van der Waals surface area contributed by atoms with Gasteiger partial charge in [0.2, 0.25) is 0 Å². The molecule has 0 aromatic heterocycles. The van der Waals surface area contributed by atoms with E-state index in [0.29, 0.717) is 0 Å². The molecule has 1 N–H and O–H groups in total.